The molecule has 0 bridgehead atoms. The van der Waals surface area contributed by atoms with Gasteiger partial charge in [-0.25, -0.2) is 10.9 Å². The number of anilines is 2. The summed E-state index contributed by atoms with van der Waals surface area (Å²) in [5, 5.41) is 2.85. The molecule has 0 spiro atoms. The number of hydrogen-bond donors (Lipinski definition) is 3. The average molecular weight is 190 g/mol. The fourth-order valence-corrected chi connectivity index (χ4v) is 1.86. The molecule has 0 aliphatic carbocycles. The summed E-state index contributed by atoms with van der Waals surface area (Å²) in [4.78, 5) is 13.6. The van der Waals surface area contributed by atoms with Crippen molar-refractivity contribution in [3.63, 3.8) is 0 Å². The minimum atomic E-state index is -0.287. The predicted molar refractivity (Wildman–Crippen MR) is 52.5 cm³/mol. The van der Waals surface area contributed by atoms with Crippen LogP contribution in [0.3, 0.4) is 0 Å². The Morgan fingerprint density at radius 1 is 1.36 bits per heavy atom. The van der Waals surface area contributed by atoms with E-state index in [1.165, 1.54) is 0 Å². The molecule has 0 saturated carbocycles. The van der Waals surface area contributed by atoms with Crippen LogP contribution in [0.1, 0.15) is 0 Å². The van der Waals surface area contributed by atoms with E-state index in [1.807, 2.05) is 29.2 Å². The van der Waals surface area contributed by atoms with E-state index in [-0.39, 0.29) is 12.1 Å². The normalized spacial score (nSPS) is 24.1. The molecule has 1 atom stereocenters. The summed E-state index contributed by atoms with van der Waals surface area (Å²) >= 11 is 0. The molecule has 0 radical (unpaired) electrons. The van der Waals surface area contributed by atoms with Crippen molar-refractivity contribution in [2.45, 2.75) is 6.17 Å². The third kappa shape index (κ3) is 0.934. The zero-order chi connectivity index (χ0) is 9.54. The topological polar surface area (TPSA) is 56.4 Å². The van der Waals surface area contributed by atoms with Gasteiger partial charge in [-0.1, -0.05) is 12.1 Å². The summed E-state index contributed by atoms with van der Waals surface area (Å²) in [7, 11) is 0. The van der Waals surface area contributed by atoms with Gasteiger partial charge in [0, 0.05) is 0 Å². The van der Waals surface area contributed by atoms with Crippen molar-refractivity contribution in [1.82, 2.24) is 10.9 Å². The Morgan fingerprint density at radius 2 is 2.21 bits per heavy atom. The van der Waals surface area contributed by atoms with Crippen LogP contribution >= 0.6 is 0 Å². The lowest BCUT2D eigenvalue weighted by atomic mass is 10.2. The van der Waals surface area contributed by atoms with E-state index >= 15 is 0 Å². The molecule has 1 amide bonds. The van der Waals surface area contributed by atoms with Crippen LogP contribution in [0.25, 0.3) is 0 Å². The summed E-state index contributed by atoms with van der Waals surface area (Å²) in [6.07, 6.45) is -0.287. The van der Waals surface area contributed by atoms with E-state index in [0.717, 1.165) is 11.4 Å². The third-order valence-corrected chi connectivity index (χ3v) is 2.52. The Hall–Kier alpha value is -1.59. The lowest BCUT2D eigenvalue weighted by Gasteiger charge is -2.31. The van der Waals surface area contributed by atoms with Crippen molar-refractivity contribution in [1.29, 1.82) is 0 Å². The molecule has 2 aliphatic heterocycles. The first-order valence-electron chi connectivity index (χ1n) is 4.51. The van der Waals surface area contributed by atoms with Crippen LogP contribution in [0, 0.1) is 0 Å². The minimum Gasteiger partial charge on any atom is -0.331 e. The van der Waals surface area contributed by atoms with Gasteiger partial charge in [-0.2, -0.15) is 0 Å². The van der Waals surface area contributed by atoms with Gasteiger partial charge >= 0.3 is 0 Å². The van der Waals surface area contributed by atoms with Crippen LogP contribution < -0.4 is 21.1 Å². The Labute approximate surface area is 81.1 Å². The summed E-state index contributed by atoms with van der Waals surface area (Å²) in [6.45, 7) is 0.648. The summed E-state index contributed by atoms with van der Waals surface area (Å²) in [5.74, 6) is -0.0197. The van der Waals surface area contributed by atoms with Crippen molar-refractivity contribution in [3.8, 4) is 0 Å². The van der Waals surface area contributed by atoms with Gasteiger partial charge in [-0.3, -0.25) is 4.79 Å². The molecule has 2 aliphatic rings. The van der Waals surface area contributed by atoms with Crippen molar-refractivity contribution in [3.05, 3.63) is 24.3 Å². The van der Waals surface area contributed by atoms with E-state index in [0.29, 0.717) is 6.67 Å². The Morgan fingerprint density at radius 3 is 3.14 bits per heavy atom. The largest absolute Gasteiger partial charge is 0.331 e. The zero-order valence-electron chi connectivity index (χ0n) is 7.45. The fraction of sp³-hybridized carbons (Fsp3) is 0.222. The van der Waals surface area contributed by atoms with E-state index in [1.54, 1.807) is 0 Å². The lowest BCUT2D eigenvalue weighted by molar-refractivity contribution is -0.118. The van der Waals surface area contributed by atoms with Gasteiger partial charge < -0.3 is 10.2 Å². The van der Waals surface area contributed by atoms with Crippen molar-refractivity contribution >= 4 is 17.3 Å². The number of amides is 1. The van der Waals surface area contributed by atoms with Crippen LogP contribution in [-0.2, 0) is 4.79 Å². The molecule has 14 heavy (non-hydrogen) atoms. The fourth-order valence-electron chi connectivity index (χ4n) is 1.86. The van der Waals surface area contributed by atoms with E-state index < -0.39 is 0 Å². The van der Waals surface area contributed by atoms with Gasteiger partial charge in [-0.05, 0) is 12.1 Å². The highest BCUT2D eigenvalue weighted by molar-refractivity contribution is 6.03. The number of rotatable bonds is 0. The molecule has 5 nitrogen and oxygen atoms in total. The van der Waals surface area contributed by atoms with Crippen LogP contribution in [0.15, 0.2) is 24.3 Å². The number of nitrogens with zero attached hydrogens (tertiary/aromatic N) is 1. The maximum absolute atomic E-state index is 11.6. The number of hydrogen-bond acceptors (Lipinski definition) is 4. The Bertz CT molecular complexity index is 392. The molecule has 72 valence electrons. The second-order valence-corrected chi connectivity index (χ2v) is 3.36. The van der Waals surface area contributed by atoms with Crippen molar-refractivity contribution < 1.29 is 4.79 Å². The van der Waals surface area contributed by atoms with Crippen LogP contribution in [-0.4, -0.2) is 18.7 Å². The summed E-state index contributed by atoms with van der Waals surface area (Å²) < 4.78 is 0. The minimum absolute atomic E-state index is 0.0197. The SMILES string of the molecule is O=C1Nc2ccccc2N2CNNC12. The first-order valence-corrected chi connectivity index (χ1v) is 4.51. The molecule has 1 saturated heterocycles. The Balaban J connectivity index is 2.11. The van der Waals surface area contributed by atoms with Gasteiger partial charge in [0.25, 0.3) is 5.91 Å². The van der Waals surface area contributed by atoms with E-state index in [2.05, 4.69) is 16.2 Å². The smallest absolute Gasteiger partial charge is 0.263 e. The molecule has 2 heterocycles. The average Bonchev–Trinajstić information content (AvgIpc) is 2.67. The highest BCUT2D eigenvalue weighted by Crippen LogP contribution is 2.31. The number of nitrogens with one attached hydrogen (secondary N) is 3. The van der Waals surface area contributed by atoms with Crippen LogP contribution in [0.5, 0.6) is 0 Å². The van der Waals surface area contributed by atoms with Gasteiger partial charge in [0.15, 0.2) is 6.17 Å². The van der Waals surface area contributed by atoms with E-state index in [9.17, 15) is 4.79 Å². The molecular weight excluding hydrogens is 180 g/mol. The molecule has 1 aromatic rings. The first kappa shape index (κ1) is 7.78. The number of benzene rings is 1. The quantitative estimate of drug-likeness (QED) is 0.532. The van der Waals surface area contributed by atoms with Gasteiger partial charge in [-0.15, -0.1) is 0 Å². The highest BCUT2D eigenvalue weighted by Gasteiger charge is 2.35. The van der Waals surface area contributed by atoms with Crippen molar-refractivity contribution in [2.75, 3.05) is 16.9 Å². The maximum Gasteiger partial charge on any atom is 0.263 e. The predicted octanol–water partition coefficient (Wildman–Crippen LogP) is -0.164. The van der Waals surface area contributed by atoms with E-state index in [4.69, 9.17) is 0 Å². The van der Waals surface area contributed by atoms with Crippen molar-refractivity contribution in [2.24, 2.45) is 0 Å². The zero-order valence-corrected chi connectivity index (χ0v) is 7.45. The standard InChI is InChI=1S/C9H10N4O/c14-9-8-12-10-5-13(8)7-4-2-1-3-6(7)11-9/h1-4,8,10,12H,5H2,(H,11,14). The molecule has 1 aromatic carbocycles. The Kier molecular flexibility index (Phi) is 1.50. The second kappa shape index (κ2) is 2.70. The first-order chi connectivity index (χ1) is 6.86. The molecule has 1 unspecified atom stereocenters. The highest BCUT2D eigenvalue weighted by atomic mass is 16.2. The molecule has 3 N–H and O–H groups in total. The molecule has 5 heteroatoms. The van der Waals surface area contributed by atoms with Gasteiger partial charge in [0.1, 0.15) is 0 Å². The molecular formula is C9H10N4O. The van der Waals surface area contributed by atoms with Gasteiger partial charge in [0.2, 0.25) is 0 Å². The lowest BCUT2D eigenvalue weighted by Crippen LogP contribution is -2.49. The monoisotopic (exact) mass is 190 g/mol. The summed E-state index contributed by atoms with van der Waals surface area (Å²) in [6, 6.07) is 7.78. The number of hydrazine groups is 1. The van der Waals surface area contributed by atoms with Crippen LogP contribution in [0.4, 0.5) is 11.4 Å². The molecule has 1 fully saturated rings. The number of fused-ring (bicyclic) bond motifs is 3. The second-order valence-electron chi connectivity index (χ2n) is 3.36. The summed E-state index contributed by atoms with van der Waals surface area (Å²) in [5.41, 5.74) is 7.79. The van der Waals surface area contributed by atoms with Crippen LogP contribution in [0.2, 0.25) is 0 Å². The maximum atomic E-state index is 11.6. The third-order valence-electron chi connectivity index (χ3n) is 2.52. The van der Waals surface area contributed by atoms with Gasteiger partial charge in [0.05, 0.1) is 18.0 Å². The number of para-hydroxylation sites is 2. The number of carbonyl (C=O) groups excluding carboxylic acids is 1. The molecule has 3 rings (SSSR count). The molecule has 0 aromatic heterocycles. The number of carbonyl (C=O) groups is 1.